The first kappa shape index (κ1) is 21.5. The summed E-state index contributed by atoms with van der Waals surface area (Å²) >= 11 is 1.52. The van der Waals surface area contributed by atoms with Crippen LogP contribution < -0.4 is 10.6 Å². The number of rotatable bonds is 5. The average molecular weight is 411 g/mol. The van der Waals surface area contributed by atoms with Crippen LogP contribution >= 0.6 is 11.3 Å². The third-order valence-electron chi connectivity index (χ3n) is 5.32. The normalized spacial score (nSPS) is 16.9. The molecule has 5 nitrogen and oxygen atoms in total. The van der Waals surface area contributed by atoms with Gasteiger partial charge in [0, 0.05) is 22.5 Å². The van der Waals surface area contributed by atoms with Crippen LogP contribution in [-0.4, -0.2) is 29.9 Å². The molecule has 0 atom stereocenters. The number of aryl methyl sites for hydroxylation is 1. The van der Waals surface area contributed by atoms with Crippen molar-refractivity contribution in [2.75, 3.05) is 18.9 Å². The number of likely N-dealkylation sites (N-methyl/N-ethyl adjacent to an activating group) is 1. The highest BCUT2D eigenvalue weighted by Crippen LogP contribution is 2.44. The number of carbonyl (C=O) groups excluding carboxylic acids is 1. The molecule has 1 amide bonds. The molecule has 0 unspecified atom stereocenters. The van der Waals surface area contributed by atoms with Gasteiger partial charge in [-0.05, 0) is 64.8 Å². The van der Waals surface area contributed by atoms with Crippen molar-refractivity contribution in [1.82, 2.24) is 10.2 Å². The highest BCUT2D eigenvalue weighted by atomic mass is 32.1. The van der Waals surface area contributed by atoms with E-state index >= 15 is 0 Å². The zero-order valence-electron chi connectivity index (χ0n) is 18.1. The monoisotopic (exact) mass is 410 g/mol. The number of nitriles is 1. The molecule has 0 bridgehead atoms. The van der Waals surface area contributed by atoms with Crippen molar-refractivity contribution in [3.63, 3.8) is 0 Å². The number of fused-ring (bicyclic) bond motifs is 1. The molecule has 0 radical (unpaired) electrons. The highest BCUT2D eigenvalue weighted by molar-refractivity contribution is 7.17. The van der Waals surface area contributed by atoms with Crippen molar-refractivity contribution in [2.45, 2.75) is 58.7 Å². The molecule has 1 aromatic carbocycles. The highest BCUT2D eigenvalue weighted by Gasteiger charge is 2.40. The Morgan fingerprint density at radius 1 is 1.31 bits per heavy atom. The van der Waals surface area contributed by atoms with Gasteiger partial charge >= 0.3 is 0 Å². The van der Waals surface area contributed by atoms with Crippen LogP contribution in [0.5, 0.6) is 0 Å². The molecule has 0 saturated carbocycles. The van der Waals surface area contributed by atoms with Crippen LogP contribution in [0.3, 0.4) is 0 Å². The maximum Gasteiger partial charge on any atom is 0.239 e. The van der Waals surface area contributed by atoms with Crippen LogP contribution in [0, 0.1) is 18.3 Å². The van der Waals surface area contributed by atoms with Gasteiger partial charge in [-0.2, -0.15) is 5.26 Å². The van der Waals surface area contributed by atoms with Gasteiger partial charge in [-0.25, -0.2) is 0 Å². The largest absolute Gasteiger partial charge is 0.315 e. The fraction of sp³-hybridized carbons (Fsp3) is 0.478. The van der Waals surface area contributed by atoms with E-state index in [2.05, 4.69) is 63.5 Å². The van der Waals surface area contributed by atoms with Gasteiger partial charge in [0.05, 0.1) is 12.1 Å². The average Bonchev–Trinajstić information content (AvgIpc) is 2.92. The summed E-state index contributed by atoms with van der Waals surface area (Å²) < 4.78 is 0. The minimum absolute atomic E-state index is 0.0961. The molecule has 2 heterocycles. The lowest BCUT2D eigenvalue weighted by Gasteiger charge is -2.42. The van der Waals surface area contributed by atoms with Crippen molar-refractivity contribution >= 4 is 22.2 Å². The van der Waals surface area contributed by atoms with Crippen molar-refractivity contribution in [2.24, 2.45) is 0 Å². The SMILES string of the molecule is Cc1ccccc1CN(C)CC(=O)Nc1sc2c(c1C#N)CC(C)(C)NC2(C)C. The van der Waals surface area contributed by atoms with E-state index in [9.17, 15) is 10.1 Å². The predicted octanol–water partition coefficient (Wildman–Crippen LogP) is 4.16. The lowest BCUT2D eigenvalue weighted by Crippen LogP contribution is -2.54. The summed E-state index contributed by atoms with van der Waals surface area (Å²) in [6.45, 7) is 11.6. The van der Waals surface area contributed by atoms with Gasteiger partial charge in [-0.3, -0.25) is 9.69 Å². The Morgan fingerprint density at radius 2 is 2.00 bits per heavy atom. The molecule has 1 aliphatic heterocycles. The molecule has 6 heteroatoms. The molecule has 154 valence electrons. The van der Waals surface area contributed by atoms with E-state index in [0.717, 1.165) is 16.9 Å². The molecule has 2 aromatic rings. The Hall–Kier alpha value is -2.20. The summed E-state index contributed by atoms with van der Waals surface area (Å²) in [4.78, 5) is 15.8. The summed E-state index contributed by atoms with van der Waals surface area (Å²) in [5.74, 6) is -0.0961. The standard InChI is InChI=1S/C23H30N4OS/c1-15-9-7-8-10-16(15)13-27(6)14-19(28)25-21-18(12-24)17-11-22(2,3)26-23(4,5)20(17)29-21/h7-10,26H,11,13-14H2,1-6H3,(H,25,28). The summed E-state index contributed by atoms with van der Waals surface area (Å²) in [5, 5.41) is 17.1. The summed E-state index contributed by atoms with van der Waals surface area (Å²) in [6.07, 6.45) is 0.772. The smallest absolute Gasteiger partial charge is 0.239 e. The van der Waals surface area contributed by atoms with Crippen LogP contribution in [0.25, 0.3) is 0 Å². The number of hydrogen-bond acceptors (Lipinski definition) is 5. The molecule has 0 spiro atoms. The van der Waals surface area contributed by atoms with Gasteiger partial charge in [-0.15, -0.1) is 11.3 Å². The van der Waals surface area contributed by atoms with E-state index in [-0.39, 0.29) is 23.5 Å². The van der Waals surface area contributed by atoms with Gasteiger partial charge in [0.2, 0.25) is 5.91 Å². The molecular weight excluding hydrogens is 380 g/mol. The van der Waals surface area contributed by atoms with Gasteiger partial charge < -0.3 is 10.6 Å². The van der Waals surface area contributed by atoms with E-state index in [1.54, 1.807) is 0 Å². The third kappa shape index (κ3) is 4.69. The zero-order valence-corrected chi connectivity index (χ0v) is 19.0. The zero-order chi connectivity index (χ0) is 21.4. The second kappa shape index (κ2) is 7.91. The number of nitrogens with zero attached hydrogens (tertiary/aromatic N) is 2. The molecule has 1 aromatic heterocycles. The Morgan fingerprint density at radius 3 is 2.66 bits per heavy atom. The summed E-state index contributed by atoms with van der Waals surface area (Å²) in [6, 6.07) is 10.5. The molecule has 0 aliphatic carbocycles. The van der Waals surface area contributed by atoms with Crippen LogP contribution in [0.15, 0.2) is 24.3 Å². The minimum Gasteiger partial charge on any atom is -0.315 e. The third-order valence-corrected chi connectivity index (χ3v) is 6.80. The number of benzene rings is 1. The lowest BCUT2D eigenvalue weighted by atomic mass is 9.81. The summed E-state index contributed by atoms with van der Waals surface area (Å²) in [7, 11) is 1.94. The number of carbonyl (C=O) groups is 1. The number of amides is 1. The Labute approximate surface area is 177 Å². The van der Waals surface area contributed by atoms with Crippen molar-refractivity contribution in [3.8, 4) is 6.07 Å². The Bertz CT molecular complexity index is 968. The van der Waals surface area contributed by atoms with E-state index in [1.807, 2.05) is 24.1 Å². The van der Waals surface area contributed by atoms with Crippen molar-refractivity contribution < 1.29 is 4.79 Å². The number of hydrogen-bond donors (Lipinski definition) is 2. The molecule has 0 fully saturated rings. The molecule has 2 N–H and O–H groups in total. The first-order valence-corrected chi connectivity index (χ1v) is 10.7. The van der Waals surface area contributed by atoms with Crippen LogP contribution in [0.2, 0.25) is 0 Å². The first-order chi connectivity index (χ1) is 13.5. The molecule has 0 saturated heterocycles. The van der Waals surface area contributed by atoms with E-state index in [1.165, 1.54) is 22.5 Å². The first-order valence-electron chi connectivity index (χ1n) is 9.91. The second-order valence-corrected chi connectivity index (χ2v) is 10.2. The molecule has 1 aliphatic rings. The van der Waals surface area contributed by atoms with Crippen LogP contribution in [-0.2, 0) is 23.3 Å². The van der Waals surface area contributed by atoms with E-state index in [0.29, 0.717) is 17.1 Å². The fourth-order valence-electron chi connectivity index (χ4n) is 4.28. The number of thiophene rings is 1. The second-order valence-electron chi connectivity index (χ2n) is 9.18. The van der Waals surface area contributed by atoms with Gasteiger partial charge in [-0.1, -0.05) is 24.3 Å². The topological polar surface area (TPSA) is 68.2 Å². The number of nitrogens with one attached hydrogen (secondary N) is 2. The maximum atomic E-state index is 12.7. The maximum absolute atomic E-state index is 12.7. The van der Waals surface area contributed by atoms with Crippen LogP contribution in [0.4, 0.5) is 5.00 Å². The number of anilines is 1. The lowest BCUT2D eigenvalue weighted by molar-refractivity contribution is -0.117. The fourth-order valence-corrected chi connectivity index (χ4v) is 5.52. The summed E-state index contributed by atoms with van der Waals surface area (Å²) in [5.41, 5.74) is 3.77. The van der Waals surface area contributed by atoms with E-state index < -0.39 is 0 Å². The Kier molecular flexibility index (Phi) is 5.86. The Balaban J connectivity index is 1.75. The van der Waals surface area contributed by atoms with Gasteiger partial charge in [0.1, 0.15) is 11.1 Å². The van der Waals surface area contributed by atoms with E-state index in [4.69, 9.17) is 0 Å². The quantitative estimate of drug-likeness (QED) is 0.777. The molecule has 29 heavy (non-hydrogen) atoms. The predicted molar refractivity (Wildman–Crippen MR) is 119 cm³/mol. The van der Waals surface area contributed by atoms with Crippen molar-refractivity contribution in [1.29, 1.82) is 5.26 Å². The minimum atomic E-state index is -0.238. The molecular formula is C23H30N4OS. The van der Waals surface area contributed by atoms with Gasteiger partial charge in [0.15, 0.2) is 0 Å². The molecule has 3 rings (SSSR count). The van der Waals surface area contributed by atoms with Gasteiger partial charge in [0.25, 0.3) is 0 Å². The van der Waals surface area contributed by atoms with Crippen LogP contribution in [0.1, 0.15) is 54.8 Å². The van der Waals surface area contributed by atoms with Crippen molar-refractivity contribution in [3.05, 3.63) is 51.4 Å².